The number of carbonyl (C=O) groups is 2. The van der Waals surface area contributed by atoms with Gasteiger partial charge in [-0.1, -0.05) is 28.1 Å². The average molecular weight is 359 g/mol. The van der Waals surface area contributed by atoms with Gasteiger partial charge in [-0.2, -0.15) is 0 Å². The number of urea groups is 1. The topological polar surface area (TPSA) is 58.2 Å². The third-order valence-corrected chi connectivity index (χ3v) is 3.44. The molecule has 2 N–H and O–H groups in total. The van der Waals surface area contributed by atoms with Gasteiger partial charge in [0.2, 0.25) is 0 Å². The van der Waals surface area contributed by atoms with E-state index >= 15 is 0 Å². The smallest absolute Gasteiger partial charge is 0.314 e. The molecular formula is C17H15BrN2O2. The highest BCUT2D eigenvalue weighted by atomic mass is 79.9. The summed E-state index contributed by atoms with van der Waals surface area (Å²) in [6.45, 7) is 1.50. The van der Waals surface area contributed by atoms with Crippen molar-refractivity contribution in [3.8, 4) is 0 Å². The minimum atomic E-state index is -0.344. The van der Waals surface area contributed by atoms with Gasteiger partial charge in [0.25, 0.3) is 0 Å². The Balaban J connectivity index is 1.87. The molecule has 0 saturated carbocycles. The summed E-state index contributed by atoms with van der Waals surface area (Å²) in [4.78, 5) is 22.9. The first-order chi connectivity index (χ1) is 10.5. The minimum absolute atomic E-state index is 0.00608. The number of amides is 2. The standard InChI is InChI=1S/C17H15BrN2O2/c1-12(21)14-4-8-16(9-5-14)20-17(22)19-11-10-13-2-6-15(18)7-3-13/h2-11H,1H3,(H2,19,20,22)/b11-10+. The molecule has 0 aliphatic rings. The van der Waals surface area contributed by atoms with Crippen LogP contribution in [0.15, 0.2) is 59.2 Å². The summed E-state index contributed by atoms with van der Waals surface area (Å²) in [7, 11) is 0. The number of ketones is 1. The number of Topliss-reactive ketones (excluding diaryl/α,β-unsaturated/α-hetero) is 1. The van der Waals surface area contributed by atoms with Gasteiger partial charge in [-0.3, -0.25) is 4.79 Å². The van der Waals surface area contributed by atoms with Gasteiger partial charge in [-0.15, -0.1) is 0 Å². The first-order valence-corrected chi connectivity index (χ1v) is 7.44. The molecule has 2 aromatic rings. The van der Waals surface area contributed by atoms with Gasteiger partial charge in [-0.25, -0.2) is 4.79 Å². The summed E-state index contributed by atoms with van der Waals surface area (Å²) < 4.78 is 1.00. The molecule has 0 aromatic heterocycles. The maximum Gasteiger partial charge on any atom is 0.323 e. The number of hydrogen-bond acceptors (Lipinski definition) is 2. The van der Waals surface area contributed by atoms with E-state index in [2.05, 4.69) is 26.6 Å². The Hall–Kier alpha value is -2.40. The molecule has 22 heavy (non-hydrogen) atoms. The lowest BCUT2D eigenvalue weighted by Gasteiger charge is -2.05. The Morgan fingerprint density at radius 1 is 1.00 bits per heavy atom. The lowest BCUT2D eigenvalue weighted by molar-refractivity contribution is 0.101. The third-order valence-electron chi connectivity index (χ3n) is 2.91. The molecule has 0 heterocycles. The number of rotatable bonds is 4. The SMILES string of the molecule is CC(=O)c1ccc(NC(=O)N/C=C/c2ccc(Br)cc2)cc1. The van der Waals surface area contributed by atoms with Crippen LogP contribution in [0.5, 0.6) is 0 Å². The number of nitrogens with one attached hydrogen (secondary N) is 2. The number of carbonyl (C=O) groups excluding carboxylic acids is 2. The van der Waals surface area contributed by atoms with Crippen LogP contribution in [0.2, 0.25) is 0 Å². The highest BCUT2D eigenvalue weighted by Crippen LogP contribution is 2.11. The van der Waals surface area contributed by atoms with Crippen LogP contribution in [-0.4, -0.2) is 11.8 Å². The zero-order valence-electron chi connectivity index (χ0n) is 12.0. The fourth-order valence-corrected chi connectivity index (χ4v) is 2.01. The maximum absolute atomic E-state index is 11.7. The lowest BCUT2D eigenvalue weighted by atomic mass is 10.1. The first-order valence-electron chi connectivity index (χ1n) is 6.65. The van der Waals surface area contributed by atoms with E-state index in [4.69, 9.17) is 0 Å². The summed E-state index contributed by atoms with van der Waals surface area (Å²) in [5, 5.41) is 5.31. The van der Waals surface area contributed by atoms with Crippen molar-refractivity contribution in [1.82, 2.24) is 5.32 Å². The molecule has 0 fully saturated rings. The number of benzene rings is 2. The highest BCUT2D eigenvalue weighted by molar-refractivity contribution is 9.10. The van der Waals surface area contributed by atoms with E-state index in [1.165, 1.54) is 6.92 Å². The Labute approximate surface area is 137 Å². The van der Waals surface area contributed by atoms with Crippen LogP contribution in [0, 0.1) is 0 Å². The van der Waals surface area contributed by atoms with Crippen molar-refractivity contribution in [1.29, 1.82) is 0 Å². The molecule has 0 radical (unpaired) electrons. The van der Waals surface area contributed by atoms with Crippen molar-refractivity contribution in [3.05, 3.63) is 70.3 Å². The molecule has 2 rings (SSSR count). The van der Waals surface area contributed by atoms with Gasteiger partial charge in [-0.05, 0) is 55.0 Å². The molecular weight excluding hydrogens is 344 g/mol. The van der Waals surface area contributed by atoms with E-state index in [-0.39, 0.29) is 11.8 Å². The fraction of sp³-hybridized carbons (Fsp3) is 0.0588. The zero-order valence-corrected chi connectivity index (χ0v) is 13.6. The van der Waals surface area contributed by atoms with E-state index < -0.39 is 0 Å². The summed E-state index contributed by atoms with van der Waals surface area (Å²) in [5.74, 6) is -0.00608. The van der Waals surface area contributed by atoms with Gasteiger partial charge in [0.05, 0.1) is 0 Å². The van der Waals surface area contributed by atoms with Crippen LogP contribution < -0.4 is 10.6 Å². The van der Waals surface area contributed by atoms with Crippen molar-refractivity contribution in [2.24, 2.45) is 0 Å². The largest absolute Gasteiger partial charge is 0.323 e. The van der Waals surface area contributed by atoms with Crippen molar-refractivity contribution in [2.45, 2.75) is 6.92 Å². The second kappa shape index (κ2) is 7.56. The maximum atomic E-state index is 11.7. The van der Waals surface area contributed by atoms with Crippen molar-refractivity contribution in [2.75, 3.05) is 5.32 Å². The molecule has 2 amide bonds. The number of halogens is 1. The van der Waals surface area contributed by atoms with Crippen molar-refractivity contribution in [3.63, 3.8) is 0 Å². The van der Waals surface area contributed by atoms with E-state index in [1.54, 1.807) is 36.5 Å². The highest BCUT2D eigenvalue weighted by Gasteiger charge is 2.01. The molecule has 0 saturated heterocycles. The second-order valence-corrected chi connectivity index (χ2v) is 5.53. The summed E-state index contributed by atoms with van der Waals surface area (Å²) >= 11 is 3.36. The van der Waals surface area contributed by atoms with E-state index in [0.29, 0.717) is 11.3 Å². The zero-order chi connectivity index (χ0) is 15.9. The second-order valence-electron chi connectivity index (χ2n) is 4.62. The average Bonchev–Trinajstić information content (AvgIpc) is 2.50. The van der Waals surface area contributed by atoms with Crippen molar-refractivity contribution < 1.29 is 9.59 Å². The Morgan fingerprint density at radius 2 is 1.64 bits per heavy atom. The van der Waals surface area contributed by atoms with Crippen LogP contribution >= 0.6 is 15.9 Å². The fourth-order valence-electron chi connectivity index (χ4n) is 1.74. The molecule has 112 valence electrons. The summed E-state index contributed by atoms with van der Waals surface area (Å²) in [5.41, 5.74) is 2.22. The van der Waals surface area contributed by atoms with Crippen molar-refractivity contribution >= 4 is 39.5 Å². The Morgan fingerprint density at radius 3 is 2.23 bits per heavy atom. The van der Waals surface area contributed by atoms with Gasteiger partial charge in [0.1, 0.15) is 0 Å². The Bertz CT molecular complexity index is 692. The van der Waals surface area contributed by atoms with Crippen LogP contribution in [0.4, 0.5) is 10.5 Å². The molecule has 0 bridgehead atoms. The monoisotopic (exact) mass is 358 g/mol. The van der Waals surface area contributed by atoms with Crippen LogP contribution in [-0.2, 0) is 0 Å². The molecule has 0 spiro atoms. The first kappa shape index (κ1) is 16.0. The predicted octanol–water partition coefficient (Wildman–Crippen LogP) is 4.44. The number of hydrogen-bond donors (Lipinski definition) is 2. The molecule has 0 unspecified atom stereocenters. The van der Waals surface area contributed by atoms with Crippen LogP contribution in [0.3, 0.4) is 0 Å². The quantitative estimate of drug-likeness (QED) is 0.793. The molecule has 0 aliphatic heterocycles. The number of anilines is 1. The van der Waals surface area contributed by atoms with Gasteiger partial charge in [0.15, 0.2) is 5.78 Å². The van der Waals surface area contributed by atoms with E-state index in [0.717, 1.165) is 10.0 Å². The molecule has 0 aliphatic carbocycles. The van der Waals surface area contributed by atoms with Gasteiger partial charge in [0, 0.05) is 21.9 Å². The molecule has 2 aromatic carbocycles. The molecule has 0 atom stereocenters. The third kappa shape index (κ3) is 4.86. The summed E-state index contributed by atoms with van der Waals surface area (Å²) in [6, 6.07) is 14.1. The lowest BCUT2D eigenvalue weighted by Crippen LogP contribution is -2.23. The summed E-state index contributed by atoms with van der Waals surface area (Å²) in [6.07, 6.45) is 3.37. The van der Waals surface area contributed by atoms with Crippen LogP contribution in [0.25, 0.3) is 6.08 Å². The van der Waals surface area contributed by atoms with Gasteiger partial charge >= 0.3 is 6.03 Å². The Kier molecular flexibility index (Phi) is 5.49. The predicted molar refractivity (Wildman–Crippen MR) is 91.8 cm³/mol. The minimum Gasteiger partial charge on any atom is -0.314 e. The molecule has 4 nitrogen and oxygen atoms in total. The van der Waals surface area contributed by atoms with E-state index in [9.17, 15) is 9.59 Å². The normalized spacial score (nSPS) is 10.5. The van der Waals surface area contributed by atoms with Crippen LogP contribution in [0.1, 0.15) is 22.8 Å². The van der Waals surface area contributed by atoms with E-state index in [1.807, 2.05) is 24.3 Å². The molecule has 5 heteroatoms. The van der Waals surface area contributed by atoms with Gasteiger partial charge < -0.3 is 10.6 Å².